The summed E-state index contributed by atoms with van der Waals surface area (Å²) in [6.45, 7) is 17.1. The third kappa shape index (κ3) is 35.3. The first-order valence-electron chi connectivity index (χ1n) is 13.8. The summed E-state index contributed by atoms with van der Waals surface area (Å²) in [6, 6.07) is 0. The van der Waals surface area contributed by atoms with Gasteiger partial charge in [0.25, 0.3) is 0 Å². The van der Waals surface area contributed by atoms with Crippen LogP contribution in [0.4, 0.5) is 0 Å². The van der Waals surface area contributed by atoms with Crippen LogP contribution in [-0.4, -0.2) is 132 Å². The Kier molecular flexibility index (Phi) is 34.7. The van der Waals surface area contributed by atoms with E-state index in [4.69, 9.17) is 47.4 Å². The van der Waals surface area contributed by atoms with Crippen molar-refractivity contribution in [2.75, 3.05) is 132 Å². The van der Waals surface area contributed by atoms with Crippen molar-refractivity contribution in [1.29, 1.82) is 0 Å². The topological polar surface area (TPSA) is 92.3 Å². The maximum absolute atomic E-state index is 5.52. The van der Waals surface area contributed by atoms with Gasteiger partial charge in [0, 0.05) is 6.61 Å². The van der Waals surface area contributed by atoms with E-state index >= 15 is 0 Å². The number of hydrogen-bond donors (Lipinski definition) is 0. The second kappa shape index (κ2) is 35.3. The Bertz CT molecular complexity index is 415. The lowest BCUT2D eigenvalue weighted by atomic mass is 10.2. The summed E-state index contributed by atoms with van der Waals surface area (Å²) in [5, 5.41) is 0. The number of rotatable bonds is 34. The monoisotopic (exact) mass is 538 g/mol. The lowest BCUT2D eigenvalue weighted by Gasteiger charge is -2.09. The van der Waals surface area contributed by atoms with Crippen LogP contribution in [0.15, 0.2) is 12.7 Å². The van der Waals surface area contributed by atoms with Crippen molar-refractivity contribution < 1.29 is 47.4 Å². The van der Waals surface area contributed by atoms with E-state index < -0.39 is 0 Å². The first-order valence-corrected chi connectivity index (χ1v) is 13.8. The van der Waals surface area contributed by atoms with Crippen molar-refractivity contribution in [3.8, 4) is 0 Å². The van der Waals surface area contributed by atoms with Crippen LogP contribution in [-0.2, 0) is 47.4 Å². The summed E-state index contributed by atoms with van der Waals surface area (Å²) in [4.78, 5) is 0. The van der Waals surface area contributed by atoms with Crippen molar-refractivity contribution in [3.63, 3.8) is 0 Å². The van der Waals surface area contributed by atoms with E-state index in [1.807, 2.05) is 0 Å². The third-order valence-corrected chi connectivity index (χ3v) is 4.73. The molecule has 10 heteroatoms. The molecule has 0 saturated carbocycles. The molecule has 0 atom stereocenters. The largest absolute Gasteiger partial charge is 0.379 e. The maximum Gasteiger partial charge on any atom is 0.0704 e. The molecule has 0 aliphatic heterocycles. The normalized spacial score (nSPS) is 11.4. The molecule has 222 valence electrons. The van der Waals surface area contributed by atoms with Crippen LogP contribution in [0.5, 0.6) is 0 Å². The van der Waals surface area contributed by atoms with Crippen molar-refractivity contribution in [3.05, 3.63) is 12.7 Å². The molecule has 0 aromatic heterocycles. The second-order valence-electron chi connectivity index (χ2n) is 7.94. The van der Waals surface area contributed by atoms with Crippen LogP contribution < -0.4 is 0 Å². The highest BCUT2D eigenvalue weighted by Gasteiger charge is 1.96. The molecule has 0 heterocycles. The smallest absolute Gasteiger partial charge is 0.0704 e. The molecule has 0 aliphatic carbocycles. The Balaban J connectivity index is 3.01. The van der Waals surface area contributed by atoms with E-state index in [1.165, 1.54) is 19.3 Å². The highest BCUT2D eigenvalue weighted by molar-refractivity contribution is 4.63. The maximum atomic E-state index is 5.52. The van der Waals surface area contributed by atoms with E-state index in [-0.39, 0.29) is 0 Å². The van der Waals surface area contributed by atoms with Gasteiger partial charge < -0.3 is 47.4 Å². The molecule has 0 spiro atoms. The third-order valence-electron chi connectivity index (χ3n) is 4.73. The van der Waals surface area contributed by atoms with Crippen LogP contribution in [0.3, 0.4) is 0 Å². The molecule has 10 nitrogen and oxygen atoms in total. The van der Waals surface area contributed by atoms with Crippen molar-refractivity contribution in [1.82, 2.24) is 0 Å². The molecular weight excluding hydrogens is 484 g/mol. The predicted molar refractivity (Wildman–Crippen MR) is 143 cm³/mol. The standard InChI is InChI=1S/C27H54O10/c1-3-5-6-7-9-29-11-13-31-15-17-33-19-21-35-23-25-37-27-26-36-24-22-34-20-18-32-16-14-30-12-10-28-8-4-2/h4H,2-3,5-27H2,1H3. The van der Waals surface area contributed by atoms with Crippen LogP contribution in [0.1, 0.15) is 32.6 Å². The SMILES string of the molecule is C=CCOCCOCCOCCOCCOCCOCCOCCOCCOCCOCCCCCC. The van der Waals surface area contributed by atoms with Gasteiger partial charge in [-0.25, -0.2) is 0 Å². The average molecular weight is 539 g/mol. The summed E-state index contributed by atoms with van der Waals surface area (Å²) >= 11 is 0. The molecule has 0 aromatic carbocycles. The molecule has 0 radical (unpaired) electrons. The summed E-state index contributed by atoms with van der Waals surface area (Å²) in [5.74, 6) is 0. The zero-order chi connectivity index (χ0) is 26.7. The van der Waals surface area contributed by atoms with Gasteiger partial charge in [-0.2, -0.15) is 0 Å². The van der Waals surface area contributed by atoms with E-state index in [9.17, 15) is 0 Å². The minimum Gasteiger partial charge on any atom is -0.379 e. The Morgan fingerprint density at radius 3 is 0.892 bits per heavy atom. The molecule has 37 heavy (non-hydrogen) atoms. The van der Waals surface area contributed by atoms with E-state index in [1.54, 1.807) is 6.08 Å². The molecule has 0 aromatic rings. The predicted octanol–water partition coefficient (Wildman–Crippen LogP) is 2.92. The molecule has 0 saturated heterocycles. The Labute approximate surface area is 225 Å². The van der Waals surface area contributed by atoms with Crippen molar-refractivity contribution in [2.24, 2.45) is 0 Å². The van der Waals surface area contributed by atoms with Gasteiger partial charge >= 0.3 is 0 Å². The minimum atomic E-state index is 0.528. The van der Waals surface area contributed by atoms with Crippen LogP contribution in [0.2, 0.25) is 0 Å². The minimum absolute atomic E-state index is 0.528. The molecule has 0 bridgehead atoms. The molecular formula is C27H54O10. The van der Waals surface area contributed by atoms with Crippen molar-refractivity contribution >= 4 is 0 Å². The second-order valence-corrected chi connectivity index (χ2v) is 7.94. The summed E-state index contributed by atoms with van der Waals surface area (Å²) in [6.07, 6.45) is 6.62. The van der Waals surface area contributed by atoms with Gasteiger partial charge in [-0.1, -0.05) is 32.3 Å². The highest BCUT2D eigenvalue weighted by atomic mass is 16.6. The van der Waals surface area contributed by atoms with Gasteiger partial charge in [0.15, 0.2) is 0 Å². The molecule has 0 fully saturated rings. The lowest BCUT2D eigenvalue weighted by Crippen LogP contribution is -2.15. The van der Waals surface area contributed by atoms with Gasteiger partial charge in [0.2, 0.25) is 0 Å². The van der Waals surface area contributed by atoms with Crippen LogP contribution >= 0.6 is 0 Å². The van der Waals surface area contributed by atoms with Gasteiger partial charge in [-0.15, -0.1) is 6.58 Å². The lowest BCUT2D eigenvalue weighted by molar-refractivity contribution is -0.0261. The first kappa shape index (κ1) is 36.3. The first-order chi connectivity index (χ1) is 18.4. The Morgan fingerprint density at radius 1 is 0.351 bits per heavy atom. The molecule has 0 N–H and O–H groups in total. The zero-order valence-electron chi connectivity index (χ0n) is 23.3. The van der Waals surface area contributed by atoms with Gasteiger partial charge in [0.05, 0.1) is 126 Å². The summed E-state index contributed by atoms with van der Waals surface area (Å²) in [7, 11) is 0. The van der Waals surface area contributed by atoms with Crippen LogP contribution in [0, 0.1) is 0 Å². The van der Waals surface area contributed by atoms with Gasteiger partial charge in [0.1, 0.15) is 0 Å². The fourth-order valence-electron chi connectivity index (χ4n) is 2.78. The van der Waals surface area contributed by atoms with E-state index in [0.717, 1.165) is 13.0 Å². The van der Waals surface area contributed by atoms with Crippen LogP contribution in [0.25, 0.3) is 0 Å². The Hall–Kier alpha value is -0.660. The fraction of sp³-hybridized carbons (Fsp3) is 0.926. The number of ether oxygens (including phenoxy) is 10. The van der Waals surface area contributed by atoms with Gasteiger partial charge in [-0.3, -0.25) is 0 Å². The quantitative estimate of drug-likeness (QED) is 0.0899. The molecule has 0 unspecified atom stereocenters. The fourth-order valence-corrected chi connectivity index (χ4v) is 2.78. The molecule has 0 amide bonds. The van der Waals surface area contributed by atoms with Gasteiger partial charge in [-0.05, 0) is 6.42 Å². The number of unbranched alkanes of at least 4 members (excludes halogenated alkanes) is 3. The van der Waals surface area contributed by atoms with E-state index in [0.29, 0.717) is 126 Å². The average Bonchev–Trinajstić information content (AvgIpc) is 2.91. The van der Waals surface area contributed by atoms with E-state index in [2.05, 4.69) is 13.5 Å². The Morgan fingerprint density at radius 2 is 0.622 bits per heavy atom. The van der Waals surface area contributed by atoms with Crippen molar-refractivity contribution in [2.45, 2.75) is 32.6 Å². The molecule has 0 aliphatic rings. The molecule has 0 rings (SSSR count). The number of hydrogen-bond acceptors (Lipinski definition) is 10. The summed E-state index contributed by atoms with van der Waals surface area (Å²) in [5.41, 5.74) is 0. The summed E-state index contributed by atoms with van der Waals surface area (Å²) < 4.78 is 54.3. The highest BCUT2D eigenvalue weighted by Crippen LogP contribution is 1.98. The zero-order valence-corrected chi connectivity index (χ0v) is 23.3.